The summed E-state index contributed by atoms with van der Waals surface area (Å²) in [5.41, 5.74) is 0.595. The minimum absolute atomic E-state index is 0.186. The van der Waals surface area contributed by atoms with Gasteiger partial charge in [-0.05, 0) is 46.8 Å². The number of aryl methyl sites for hydroxylation is 1. The lowest BCUT2D eigenvalue weighted by atomic mass is 10.2. The fourth-order valence-corrected chi connectivity index (χ4v) is 2.46. The van der Waals surface area contributed by atoms with Crippen molar-refractivity contribution in [1.29, 1.82) is 0 Å². The van der Waals surface area contributed by atoms with Crippen LogP contribution in [0.4, 0.5) is 4.79 Å². The van der Waals surface area contributed by atoms with E-state index in [0.29, 0.717) is 11.4 Å². The summed E-state index contributed by atoms with van der Waals surface area (Å²) in [6, 6.07) is 7.29. The molecule has 118 valence electrons. The number of hydrogen-bond donors (Lipinski definition) is 2. The molecule has 2 atom stereocenters. The number of carbonyl (C=O) groups is 1. The van der Waals surface area contributed by atoms with E-state index in [2.05, 4.69) is 10.0 Å². The molecule has 0 saturated carbocycles. The Bertz CT molecular complexity index is 495. The van der Waals surface area contributed by atoms with Crippen molar-refractivity contribution in [2.45, 2.75) is 51.2 Å². The molecule has 2 N–H and O–H groups in total. The van der Waals surface area contributed by atoms with Crippen LogP contribution >= 0.6 is 0 Å². The second-order valence-electron chi connectivity index (χ2n) is 5.98. The summed E-state index contributed by atoms with van der Waals surface area (Å²) >= 11 is 0. The Morgan fingerprint density at radius 3 is 2.38 bits per heavy atom. The third kappa shape index (κ3) is 7.24. The third-order valence-corrected chi connectivity index (χ3v) is 3.65. The van der Waals surface area contributed by atoms with Crippen molar-refractivity contribution in [1.82, 2.24) is 10.0 Å². The summed E-state index contributed by atoms with van der Waals surface area (Å²) in [6.45, 7) is 9.61. The Hall–Kier alpha value is -1.40. The van der Waals surface area contributed by atoms with Gasteiger partial charge in [0.05, 0.1) is 4.90 Å². The van der Waals surface area contributed by atoms with Crippen LogP contribution in [0.2, 0.25) is 0 Å². The monoisotopic (exact) mass is 312 g/mol. The molecule has 1 aromatic carbocycles. The predicted molar refractivity (Wildman–Crippen MR) is 84.4 cm³/mol. The zero-order chi connectivity index (χ0) is 16.0. The van der Waals surface area contributed by atoms with E-state index in [0.717, 1.165) is 5.56 Å². The van der Waals surface area contributed by atoms with E-state index in [9.17, 15) is 9.00 Å². The van der Waals surface area contributed by atoms with Crippen molar-refractivity contribution in [2.75, 3.05) is 6.54 Å². The van der Waals surface area contributed by atoms with Gasteiger partial charge < -0.3 is 10.1 Å². The number of carbonyl (C=O) groups excluding carboxylic acids is 1. The van der Waals surface area contributed by atoms with Gasteiger partial charge in [-0.25, -0.2) is 13.7 Å². The van der Waals surface area contributed by atoms with Crippen molar-refractivity contribution in [3.05, 3.63) is 29.8 Å². The molecule has 0 spiro atoms. The number of amides is 1. The standard InChI is InChI=1S/C15H24N2O3S/c1-11-6-8-13(9-7-11)21(19)16-10-12(2)17-14(18)20-15(3,4)5/h6-9,12,16H,10H2,1-5H3,(H,17,18)/t12-,21?/m0/s1. The van der Waals surface area contributed by atoms with E-state index in [1.807, 2.05) is 58.9 Å². The molecule has 1 rings (SSSR count). The third-order valence-electron chi connectivity index (χ3n) is 2.52. The van der Waals surface area contributed by atoms with Crippen LogP contribution in [0.3, 0.4) is 0 Å². The lowest BCUT2D eigenvalue weighted by molar-refractivity contribution is 0.0509. The zero-order valence-corrected chi connectivity index (χ0v) is 14.0. The maximum atomic E-state index is 12.0. The highest BCUT2D eigenvalue weighted by atomic mass is 32.2. The number of rotatable bonds is 5. The molecule has 0 aromatic heterocycles. The molecular formula is C15H24N2O3S. The summed E-state index contributed by atoms with van der Waals surface area (Å²) in [6.07, 6.45) is -0.474. The highest BCUT2D eigenvalue weighted by molar-refractivity contribution is 7.83. The van der Waals surface area contributed by atoms with Crippen LogP contribution in [-0.4, -0.2) is 28.5 Å². The first-order chi connectivity index (χ1) is 9.67. The molecule has 0 saturated heterocycles. The van der Waals surface area contributed by atoms with Gasteiger partial charge >= 0.3 is 6.09 Å². The van der Waals surface area contributed by atoms with Gasteiger partial charge in [-0.3, -0.25) is 0 Å². The Morgan fingerprint density at radius 2 is 1.86 bits per heavy atom. The smallest absolute Gasteiger partial charge is 0.407 e. The molecule has 1 aromatic rings. The molecule has 0 radical (unpaired) electrons. The Labute approximate surface area is 129 Å². The molecule has 6 heteroatoms. The van der Waals surface area contributed by atoms with Crippen LogP contribution in [0.1, 0.15) is 33.3 Å². The van der Waals surface area contributed by atoms with Gasteiger partial charge in [0.15, 0.2) is 0 Å². The Morgan fingerprint density at radius 1 is 1.29 bits per heavy atom. The molecule has 0 aliphatic carbocycles. The number of hydrogen-bond acceptors (Lipinski definition) is 3. The highest BCUT2D eigenvalue weighted by Gasteiger charge is 2.17. The topological polar surface area (TPSA) is 67.4 Å². The maximum absolute atomic E-state index is 12.0. The van der Waals surface area contributed by atoms with Gasteiger partial charge in [-0.1, -0.05) is 17.7 Å². The summed E-state index contributed by atoms with van der Waals surface area (Å²) in [5, 5.41) is 2.69. The largest absolute Gasteiger partial charge is 0.444 e. The van der Waals surface area contributed by atoms with Crippen LogP contribution in [0, 0.1) is 6.92 Å². The number of nitrogens with one attached hydrogen (secondary N) is 2. The predicted octanol–water partition coefficient (Wildman–Crippen LogP) is 2.52. The SMILES string of the molecule is Cc1ccc(S(=O)NC[C@H](C)NC(=O)OC(C)(C)C)cc1. The summed E-state index contributed by atoms with van der Waals surface area (Å²) in [5.74, 6) is 0. The van der Waals surface area contributed by atoms with E-state index in [1.165, 1.54) is 0 Å². The van der Waals surface area contributed by atoms with Gasteiger partial charge in [0, 0.05) is 12.6 Å². The van der Waals surface area contributed by atoms with Crippen LogP contribution in [0.25, 0.3) is 0 Å². The minimum atomic E-state index is -1.29. The second-order valence-corrected chi connectivity index (χ2v) is 7.28. The molecule has 0 heterocycles. The van der Waals surface area contributed by atoms with E-state index in [1.54, 1.807) is 0 Å². The molecule has 5 nitrogen and oxygen atoms in total. The van der Waals surface area contributed by atoms with Gasteiger partial charge in [-0.15, -0.1) is 0 Å². The molecule has 1 amide bonds. The average molecular weight is 312 g/mol. The van der Waals surface area contributed by atoms with Crippen molar-refractivity contribution in [2.24, 2.45) is 0 Å². The van der Waals surface area contributed by atoms with Crippen molar-refractivity contribution in [3.63, 3.8) is 0 Å². The molecule has 21 heavy (non-hydrogen) atoms. The number of benzene rings is 1. The molecule has 0 fully saturated rings. The van der Waals surface area contributed by atoms with Crippen LogP contribution < -0.4 is 10.0 Å². The fraction of sp³-hybridized carbons (Fsp3) is 0.533. The number of alkyl carbamates (subject to hydrolysis) is 1. The van der Waals surface area contributed by atoms with Crippen molar-refractivity contribution >= 4 is 17.1 Å². The first-order valence-corrected chi connectivity index (χ1v) is 8.04. The highest BCUT2D eigenvalue weighted by Crippen LogP contribution is 2.07. The molecule has 0 aliphatic rings. The van der Waals surface area contributed by atoms with Gasteiger partial charge in [0.25, 0.3) is 0 Å². The van der Waals surface area contributed by atoms with Crippen molar-refractivity contribution < 1.29 is 13.7 Å². The Balaban J connectivity index is 2.39. The van der Waals surface area contributed by atoms with Crippen molar-refractivity contribution in [3.8, 4) is 0 Å². The quantitative estimate of drug-likeness (QED) is 0.878. The summed E-state index contributed by atoms with van der Waals surface area (Å²) in [4.78, 5) is 12.3. The minimum Gasteiger partial charge on any atom is -0.444 e. The number of ether oxygens (including phenoxy) is 1. The molecule has 1 unspecified atom stereocenters. The fourth-order valence-electron chi connectivity index (χ4n) is 1.51. The summed E-state index contributed by atoms with van der Waals surface area (Å²) < 4.78 is 20.1. The molecular weight excluding hydrogens is 288 g/mol. The van der Waals surface area contributed by atoms with E-state index < -0.39 is 22.7 Å². The van der Waals surface area contributed by atoms with Crippen LogP contribution in [0.5, 0.6) is 0 Å². The van der Waals surface area contributed by atoms with Crippen LogP contribution in [0.15, 0.2) is 29.2 Å². The maximum Gasteiger partial charge on any atom is 0.407 e. The van der Waals surface area contributed by atoms with Crippen LogP contribution in [-0.2, 0) is 15.7 Å². The van der Waals surface area contributed by atoms with Gasteiger partial charge in [-0.2, -0.15) is 0 Å². The Kier molecular flexibility index (Phi) is 6.36. The van der Waals surface area contributed by atoms with E-state index in [4.69, 9.17) is 4.74 Å². The molecule has 0 bridgehead atoms. The lowest BCUT2D eigenvalue weighted by Crippen LogP contribution is -2.42. The molecule has 0 aliphatic heterocycles. The summed E-state index contributed by atoms with van der Waals surface area (Å²) in [7, 11) is -1.29. The lowest BCUT2D eigenvalue weighted by Gasteiger charge is -2.22. The van der Waals surface area contributed by atoms with Gasteiger partial charge in [0.2, 0.25) is 0 Å². The van der Waals surface area contributed by atoms with Gasteiger partial charge in [0.1, 0.15) is 16.6 Å². The van der Waals surface area contributed by atoms with E-state index >= 15 is 0 Å². The second kappa shape index (κ2) is 7.56. The van der Waals surface area contributed by atoms with E-state index in [-0.39, 0.29) is 6.04 Å². The first kappa shape index (κ1) is 17.7. The average Bonchev–Trinajstić information content (AvgIpc) is 2.34. The zero-order valence-electron chi connectivity index (χ0n) is 13.2. The normalized spacial score (nSPS) is 14.3. The first-order valence-electron chi connectivity index (χ1n) is 6.89.